The number of hydrogen-bond donors (Lipinski definition) is 2. The summed E-state index contributed by atoms with van der Waals surface area (Å²) in [5.41, 5.74) is 1.22. The smallest absolute Gasteiger partial charge is 0.239 e. The summed E-state index contributed by atoms with van der Waals surface area (Å²) in [6.07, 6.45) is 3.04. The van der Waals surface area contributed by atoms with E-state index in [1.165, 1.54) is 5.56 Å². The van der Waals surface area contributed by atoms with Crippen LogP contribution in [0.3, 0.4) is 0 Å². The number of amides is 1. The zero-order valence-electron chi connectivity index (χ0n) is 18.1. The molecule has 1 heterocycles. The lowest BCUT2D eigenvalue weighted by Crippen LogP contribution is -2.44. The Morgan fingerprint density at radius 3 is 2.59 bits per heavy atom. The molecule has 1 atom stereocenters. The maximum Gasteiger partial charge on any atom is 0.239 e. The third-order valence-electron chi connectivity index (χ3n) is 4.91. The molecule has 1 aliphatic heterocycles. The van der Waals surface area contributed by atoms with Gasteiger partial charge in [0.1, 0.15) is 12.4 Å². The number of likely N-dealkylation sites (tertiary alicyclic amines) is 1. The van der Waals surface area contributed by atoms with E-state index in [1.807, 2.05) is 38.4 Å². The van der Waals surface area contributed by atoms with Gasteiger partial charge in [-0.3, -0.25) is 14.7 Å². The van der Waals surface area contributed by atoms with Gasteiger partial charge < -0.3 is 20.3 Å². The maximum atomic E-state index is 12.2. The molecule has 0 spiro atoms. The average Bonchev–Trinajstić information content (AvgIpc) is 3.15. The predicted octanol–water partition coefficient (Wildman–Crippen LogP) is 2.10. The summed E-state index contributed by atoms with van der Waals surface area (Å²) >= 11 is 0. The molecule has 8 heteroatoms. The topological polar surface area (TPSA) is 69.2 Å². The van der Waals surface area contributed by atoms with Crippen molar-refractivity contribution in [1.82, 2.24) is 20.4 Å². The van der Waals surface area contributed by atoms with Crippen LogP contribution in [0.5, 0.6) is 5.75 Å². The van der Waals surface area contributed by atoms with Crippen LogP contribution in [0.25, 0.3) is 0 Å². The van der Waals surface area contributed by atoms with Crippen molar-refractivity contribution in [3.05, 3.63) is 29.8 Å². The molecule has 0 radical (unpaired) electrons. The number of guanidine groups is 1. The van der Waals surface area contributed by atoms with Crippen molar-refractivity contribution >= 4 is 35.8 Å². The predicted molar refractivity (Wildman–Crippen MR) is 129 cm³/mol. The van der Waals surface area contributed by atoms with Crippen LogP contribution >= 0.6 is 24.0 Å². The number of hydrogen-bond acceptors (Lipinski definition) is 4. The summed E-state index contributed by atoms with van der Waals surface area (Å²) in [7, 11) is 5.43. The van der Waals surface area contributed by atoms with Gasteiger partial charge in [-0.25, -0.2) is 0 Å². The third-order valence-corrected chi connectivity index (χ3v) is 4.91. The Kier molecular flexibility index (Phi) is 12.0. The number of nitrogens with one attached hydrogen (secondary N) is 2. The lowest BCUT2D eigenvalue weighted by atomic mass is 10.2. The van der Waals surface area contributed by atoms with Crippen molar-refractivity contribution in [3.63, 3.8) is 0 Å². The van der Waals surface area contributed by atoms with Crippen molar-refractivity contribution in [2.24, 2.45) is 4.99 Å². The van der Waals surface area contributed by atoms with E-state index in [-0.39, 0.29) is 35.9 Å². The fourth-order valence-corrected chi connectivity index (χ4v) is 3.35. The minimum atomic E-state index is 0. The summed E-state index contributed by atoms with van der Waals surface area (Å²) in [4.78, 5) is 20.5. The van der Waals surface area contributed by atoms with Crippen molar-refractivity contribution < 1.29 is 9.53 Å². The number of halogens is 1. The van der Waals surface area contributed by atoms with Gasteiger partial charge in [0, 0.05) is 34.2 Å². The first-order valence-electron chi connectivity index (χ1n) is 10.1. The van der Waals surface area contributed by atoms with Gasteiger partial charge >= 0.3 is 0 Å². The van der Waals surface area contributed by atoms with Gasteiger partial charge in [0.25, 0.3) is 0 Å². The highest BCUT2D eigenvalue weighted by atomic mass is 127. The quantitative estimate of drug-likeness (QED) is 0.227. The zero-order valence-corrected chi connectivity index (χ0v) is 20.4. The van der Waals surface area contributed by atoms with Crippen LogP contribution in [0.2, 0.25) is 0 Å². The molecule has 29 heavy (non-hydrogen) atoms. The van der Waals surface area contributed by atoms with Gasteiger partial charge in [0.05, 0.1) is 12.6 Å². The Bertz CT molecular complexity index is 636. The Labute approximate surface area is 192 Å². The van der Waals surface area contributed by atoms with Crippen molar-refractivity contribution in [2.75, 3.05) is 53.9 Å². The lowest BCUT2D eigenvalue weighted by molar-refractivity contribution is -0.133. The second-order valence-electron chi connectivity index (χ2n) is 7.37. The summed E-state index contributed by atoms with van der Waals surface area (Å²) < 4.78 is 5.71. The number of nitrogens with zero attached hydrogens (tertiary/aromatic N) is 3. The molecule has 7 nitrogen and oxygen atoms in total. The maximum absolute atomic E-state index is 12.2. The number of aryl methyl sites for hydroxylation is 1. The monoisotopic (exact) mass is 517 g/mol. The molecule has 1 fully saturated rings. The fourth-order valence-electron chi connectivity index (χ4n) is 3.35. The number of ether oxygens (including phenoxy) is 1. The summed E-state index contributed by atoms with van der Waals surface area (Å²) in [6, 6.07) is 8.09. The molecule has 2 rings (SSSR count). The molecule has 0 aliphatic carbocycles. The van der Waals surface area contributed by atoms with E-state index in [0.717, 1.165) is 50.6 Å². The highest BCUT2D eigenvalue weighted by Crippen LogP contribution is 2.18. The van der Waals surface area contributed by atoms with Crippen molar-refractivity contribution in [3.8, 4) is 5.75 Å². The van der Waals surface area contributed by atoms with Crippen molar-refractivity contribution in [1.29, 1.82) is 0 Å². The van der Waals surface area contributed by atoms with Crippen LogP contribution < -0.4 is 15.4 Å². The van der Waals surface area contributed by atoms with E-state index in [2.05, 4.69) is 27.4 Å². The van der Waals surface area contributed by atoms with Crippen LogP contribution in [0, 0.1) is 6.92 Å². The SMILES string of the molecule is CN=C(NCCCN1CCCC1C(=O)N(C)C)NCCOc1ccc(C)cc1.I. The summed E-state index contributed by atoms with van der Waals surface area (Å²) in [5, 5.41) is 6.59. The van der Waals surface area contributed by atoms with Crippen molar-refractivity contribution in [2.45, 2.75) is 32.2 Å². The second-order valence-corrected chi connectivity index (χ2v) is 7.37. The molecule has 1 aliphatic rings. The van der Waals surface area contributed by atoms with Gasteiger partial charge in [-0.2, -0.15) is 0 Å². The third kappa shape index (κ3) is 8.77. The van der Waals surface area contributed by atoms with E-state index in [4.69, 9.17) is 4.74 Å². The first kappa shape index (κ1) is 25.5. The molecule has 0 saturated carbocycles. The normalized spacial score (nSPS) is 16.8. The van der Waals surface area contributed by atoms with E-state index in [1.54, 1.807) is 11.9 Å². The molecule has 1 saturated heterocycles. The largest absolute Gasteiger partial charge is 0.492 e. The molecular weight excluding hydrogens is 481 g/mol. The summed E-state index contributed by atoms with van der Waals surface area (Å²) in [6.45, 7) is 6.06. The number of benzene rings is 1. The molecular formula is C21H36IN5O2. The molecule has 164 valence electrons. The molecule has 1 unspecified atom stereocenters. The Balaban J connectivity index is 0.00000420. The Morgan fingerprint density at radius 1 is 1.24 bits per heavy atom. The number of carbonyl (C=O) groups excluding carboxylic acids is 1. The van der Waals surface area contributed by atoms with E-state index in [0.29, 0.717) is 13.2 Å². The first-order chi connectivity index (χ1) is 13.5. The first-order valence-corrected chi connectivity index (χ1v) is 10.1. The standard InChI is InChI=1S/C21H35N5O2.HI/c1-17-8-10-18(11-9-17)28-16-13-24-21(22-2)23-12-6-15-26-14-5-7-19(26)20(27)25(3)4;/h8-11,19H,5-7,12-16H2,1-4H3,(H2,22,23,24);1H. The minimum absolute atomic E-state index is 0. The van der Waals surface area contributed by atoms with Crippen LogP contribution in [0.1, 0.15) is 24.8 Å². The number of carbonyl (C=O) groups is 1. The van der Waals surface area contributed by atoms with Crippen LogP contribution in [-0.4, -0.2) is 81.6 Å². The highest BCUT2D eigenvalue weighted by molar-refractivity contribution is 14.0. The van der Waals surface area contributed by atoms with E-state index < -0.39 is 0 Å². The van der Waals surface area contributed by atoms with E-state index >= 15 is 0 Å². The van der Waals surface area contributed by atoms with Gasteiger partial charge in [0.2, 0.25) is 5.91 Å². The highest BCUT2D eigenvalue weighted by Gasteiger charge is 2.30. The van der Waals surface area contributed by atoms with E-state index in [9.17, 15) is 4.79 Å². The molecule has 0 aromatic heterocycles. The Hall–Kier alpha value is -1.55. The minimum Gasteiger partial charge on any atom is -0.492 e. The fraction of sp³-hybridized carbons (Fsp3) is 0.619. The summed E-state index contributed by atoms with van der Waals surface area (Å²) in [5.74, 6) is 1.87. The number of aliphatic imine (C=N–C) groups is 1. The molecule has 1 aromatic rings. The molecule has 2 N–H and O–H groups in total. The number of rotatable bonds is 9. The molecule has 1 aromatic carbocycles. The van der Waals surface area contributed by atoms with Gasteiger partial charge in [-0.05, 0) is 44.9 Å². The average molecular weight is 517 g/mol. The molecule has 0 bridgehead atoms. The van der Waals surface area contributed by atoms with Crippen LogP contribution in [-0.2, 0) is 4.79 Å². The van der Waals surface area contributed by atoms with Gasteiger partial charge in [-0.1, -0.05) is 17.7 Å². The van der Waals surface area contributed by atoms with Crippen LogP contribution in [0.15, 0.2) is 29.3 Å². The number of likely N-dealkylation sites (N-methyl/N-ethyl adjacent to an activating group) is 1. The molecule has 1 amide bonds. The zero-order chi connectivity index (χ0) is 20.4. The van der Waals surface area contributed by atoms with Gasteiger partial charge in [0.15, 0.2) is 5.96 Å². The second kappa shape index (κ2) is 13.6. The van der Waals surface area contributed by atoms with Gasteiger partial charge in [-0.15, -0.1) is 24.0 Å². The Morgan fingerprint density at radius 2 is 1.93 bits per heavy atom. The lowest BCUT2D eigenvalue weighted by Gasteiger charge is -2.26. The van der Waals surface area contributed by atoms with Crippen LogP contribution in [0.4, 0.5) is 0 Å².